The van der Waals surface area contributed by atoms with E-state index in [2.05, 4.69) is 0 Å². The molecule has 0 bridgehead atoms. The molecule has 152 valence electrons. The van der Waals surface area contributed by atoms with Crippen LogP contribution in [-0.2, 0) is 31.7 Å². The monoisotopic (exact) mass is 402 g/mol. The fourth-order valence-corrected chi connectivity index (χ4v) is 5.46. The Balaban J connectivity index is 5.32. The summed E-state index contributed by atoms with van der Waals surface area (Å²) >= 11 is 0. The lowest BCUT2D eigenvalue weighted by atomic mass is 10.2. The van der Waals surface area contributed by atoms with Crippen molar-refractivity contribution in [1.29, 1.82) is 0 Å². The van der Waals surface area contributed by atoms with E-state index in [1.54, 1.807) is 27.7 Å². The highest BCUT2D eigenvalue weighted by Crippen LogP contribution is 2.62. The molecule has 0 saturated carbocycles. The van der Waals surface area contributed by atoms with Crippen molar-refractivity contribution in [3.05, 3.63) is 0 Å². The highest BCUT2D eigenvalue weighted by atomic mass is 31.2. The lowest BCUT2D eigenvalue weighted by Gasteiger charge is -2.29. The van der Waals surface area contributed by atoms with Gasteiger partial charge >= 0.3 is 15.4 Å². The molecule has 0 amide bonds. The third-order valence-electron chi connectivity index (χ3n) is 2.58. The van der Waals surface area contributed by atoms with Crippen molar-refractivity contribution in [1.82, 2.24) is 0 Å². The van der Waals surface area contributed by atoms with Crippen LogP contribution in [0.3, 0.4) is 0 Å². The average molecular weight is 402 g/mol. The van der Waals surface area contributed by atoms with Crippen molar-refractivity contribution in [2.24, 2.45) is 11.8 Å². The molecule has 0 saturated heterocycles. The maximum Gasteiger partial charge on any atom is 0.476 e. The Labute approximate surface area is 153 Å². The summed E-state index contributed by atoms with van der Waals surface area (Å²) in [5, 5.41) is 0. The van der Waals surface area contributed by atoms with Gasteiger partial charge in [0.15, 0.2) is 5.85 Å². The molecule has 0 aromatic rings. The quantitative estimate of drug-likeness (QED) is 0.358. The van der Waals surface area contributed by atoms with Crippen molar-refractivity contribution in [3.8, 4) is 0 Å². The minimum atomic E-state index is -3.91. The third kappa shape index (κ3) is 10.9. The second-order valence-corrected chi connectivity index (χ2v) is 11.2. The number of phosphoric acid groups is 1. The zero-order valence-electron chi connectivity index (χ0n) is 17.1. The van der Waals surface area contributed by atoms with E-state index >= 15 is 0 Å². The van der Waals surface area contributed by atoms with Gasteiger partial charge in [0.05, 0.1) is 25.4 Å². The number of hydrogen-bond donors (Lipinski definition) is 0. The predicted molar refractivity (Wildman–Crippen MR) is 99.8 cm³/mol. The van der Waals surface area contributed by atoms with Gasteiger partial charge in [0.2, 0.25) is 0 Å². The Morgan fingerprint density at radius 2 is 1.00 bits per heavy atom. The first-order valence-corrected chi connectivity index (χ1v) is 11.9. The van der Waals surface area contributed by atoms with Crippen LogP contribution in [-0.4, -0.2) is 31.3 Å². The van der Waals surface area contributed by atoms with Gasteiger partial charge in [-0.1, -0.05) is 27.7 Å². The van der Waals surface area contributed by atoms with Gasteiger partial charge in [0.1, 0.15) is 0 Å². The number of phosphoric ester groups is 1. The Bertz CT molecular complexity index is 433. The minimum Gasteiger partial charge on any atom is -0.307 e. The Hall–Kier alpha value is 0.260. The molecule has 0 fully saturated rings. The molecule has 0 aliphatic heterocycles. The minimum absolute atomic E-state index is 0.161. The van der Waals surface area contributed by atoms with Gasteiger partial charge in [-0.15, -0.1) is 0 Å². The fourth-order valence-electron chi connectivity index (χ4n) is 1.59. The van der Waals surface area contributed by atoms with E-state index in [4.69, 9.17) is 22.6 Å². The van der Waals surface area contributed by atoms with Gasteiger partial charge in [-0.3, -0.25) is 18.1 Å². The molecule has 0 spiro atoms. The van der Waals surface area contributed by atoms with E-state index in [9.17, 15) is 9.13 Å². The molecule has 0 heterocycles. The van der Waals surface area contributed by atoms with Crippen molar-refractivity contribution in [3.63, 3.8) is 0 Å². The van der Waals surface area contributed by atoms with Crippen LogP contribution < -0.4 is 0 Å². The van der Waals surface area contributed by atoms with Gasteiger partial charge in [-0.05, 0) is 46.5 Å². The zero-order chi connectivity index (χ0) is 19.8. The molecule has 0 N–H and O–H groups in total. The zero-order valence-corrected chi connectivity index (χ0v) is 18.8. The molecule has 0 aliphatic carbocycles. The number of rotatable bonds is 13. The molecule has 1 atom stereocenters. The van der Waals surface area contributed by atoms with E-state index in [0.717, 1.165) is 0 Å². The predicted octanol–water partition coefficient (Wildman–Crippen LogP) is 5.85. The van der Waals surface area contributed by atoms with Gasteiger partial charge in [-0.2, -0.15) is 0 Å². The molecule has 0 unspecified atom stereocenters. The largest absolute Gasteiger partial charge is 0.476 e. The summed E-state index contributed by atoms with van der Waals surface area (Å²) in [6, 6.07) is 0. The Kier molecular flexibility index (Phi) is 11.3. The van der Waals surface area contributed by atoms with Crippen LogP contribution in [0.1, 0.15) is 62.3 Å². The van der Waals surface area contributed by atoms with E-state index in [0.29, 0.717) is 0 Å². The summed E-state index contributed by atoms with van der Waals surface area (Å²) in [5.74, 6) is -0.768. The Morgan fingerprint density at radius 1 is 0.640 bits per heavy atom. The van der Waals surface area contributed by atoms with E-state index in [-0.39, 0.29) is 37.3 Å². The molecular weight excluding hydrogens is 366 g/mol. The topological polar surface area (TPSA) is 80.3 Å². The van der Waals surface area contributed by atoms with Crippen molar-refractivity contribution < 1.29 is 31.7 Å². The summed E-state index contributed by atoms with van der Waals surface area (Å²) in [5.41, 5.74) is 0. The molecule has 9 heteroatoms. The van der Waals surface area contributed by atoms with E-state index < -0.39 is 21.3 Å². The molecule has 0 radical (unpaired) electrons. The molecule has 0 aromatic carbocycles. The Morgan fingerprint density at radius 3 is 1.28 bits per heavy atom. The van der Waals surface area contributed by atoms with Gasteiger partial charge in [-0.25, -0.2) is 4.57 Å². The van der Waals surface area contributed by atoms with E-state index in [1.807, 2.05) is 27.7 Å². The van der Waals surface area contributed by atoms with Gasteiger partial charge < -0.3 is 9.05 Å². The fraction of sp³-hybridized carbons (Fsp3) is 1.00. The SMILES string of the molecule is CC(C)COP(=O)(OCC(C)C)[C@H](C)OP(=O)(OC(C)C)OC(C)C. The molecule has 25 heavy (non-hydrogen) atoms. The third-order valence-corrected chi connectivity index (χ3v) is 6.70. The lowest BCUT2D eigenvalue weighted by Crippen LogP contribution is -2.19. The second-order valence-electron chi connectivity index (χ2n) is 7.38. The highest BCUT2D eigenvalue weighted by molar-refractivity contribution is 7.55. The van der Waals surface area contributed by atoms with Crippen molar-refractivity contribution in [2.75, 3.05) is 13.2 Å². The lowest BCUT2D eigenvalue weighted by molar-refractivity contribution is 0.0550. The van der Waals surface area contributed by atoms with Crippen LogP contribution >= 0.6 is 15.4 Å². The van der Waals surface area contributed by atoms with Crippen LogP contribution in [0.4, 0.5) is 0 Å². The smallest absolute Gasteiger partial charge is 0.307 e. The maximum atomic E-state index is 13.2. The standard InChI is InChI=1S/C16H36O7P2/c1-12(2)10-19-24(17,20-11-13(3)4)16(9)23-25(18,21-14(5)6)22-15(7)8/h12-16H,10-11H2,1-9H3/t16-/m1/s1. The van der Waals surface area contributed by atoms with Crippen LogP contribution in [0.15, 0.2) is 0 Å². The first kappa shape index (κ1) is 25.3. The van der Waals surface area contributed by atoms with Crippen LogP contribution in [0.2, 0.25) is 0 Å². The second kappa shape index (κ2) is 11.2. The van der Waals surface area contributed by atoms with E-state index in [1.165, 1.54) is 6.92 Å². The molecule has 0 aliphatic rings. The van der Waals surface area contributed by atoms with Crippen LogP contribution in [0, 0.1) is 11.8 Å². The van der Waals surface area contributed by atoms with Gasteiger partial charge in [0, 0.05) is 0 Å². The highest BCUT2D eigenvalue weighted by Gasteiger charge is 2.42. The van der Waals surface area contributed by atoms with Crippen LogP contribution in [0.25, 0.3) is 0 Å². The summed E-state index contributed by atoms with van der Waals surface area (Å²) in [6.45, 7) is 16.6. The van der Waals surface area contributed by atoms with Crippen molar-refractivity contribution >= 4 is 15.4 Å². The summed E-state index contributed by atoms with van der Waals surface area (Å²) in [7, 11) is -7.57. The van der Waals surface area contributed by atoms with Crippen molar-refractivity contribution in [2.45, 2.75) is 80.4 Å². The average Bonchev–Trinajstić information content (AvgIpc) is 2.40. The molecule has 0 aromatic heterocycles. The molecule has 0 rings (SSSR count). The molecular formula is C16H36O7P2. The summed E-state index contributed by atoms with van der Waals surface area (Å²) < 4.78 is 53.3. The summed E-state index contributed by atoms with van der Waals surface area (Å²) in [6.07, 6.45) is -0.770. The number of hydrogen-bond acceptors (Lipinski definition) is 7. The first-order chi connectivity index (χ1) is 11.3. The maximum absolute atomic E-state index is 13.2. The van der Waals surface area contributed by atoms with Gasteiger partial charge in [0.25, 0.3) is 0 Å². The summed E-state index contributed by atoms with van der Waals surface area (Å²) in [4.78, 5) is 0. The normalized spacial score (nSPS) is 14.9. The van der Waals surface area contributed by atoms with Crippen LogP contribution in [0.5, 0.6) is 0 Å². The molecule has 7 nitrogen and oxygen atoms in total. The first-order valence-electron chi connectivity index (χ1n) is 8.83.